The van der Waals surface area contributed by atoms with E-state index in [2.05, 4.69) is 45.4 Å². The molecular formula is C28H35N5O2S. The monoisotopic (exact) mass is 505 g/mol. The quantitative estimate of drug-likeness (QED) is 0.146. The van der Waals surface area contributed by atoms with Gasteiger partial charge < -0.3 is 16.4 Å². The van der Waals surface area contributed by atoms with E-state index in [-0.39, 0.29) is 18.4 Å². The number of benzene rings is 3. The zero-order valence-electron chi connectivity index (χ0n) is 20.6. The van der Waals surface area contributed by atoms with Crippen molar-refractivity contribution in [3.63, 3.8) is 0 Å². The number of carbonyl (C=O) groups is 2. The van der Waals surface area contributed by atoms with Gasteiger partial charge >= 0.3 is 0 Å². The van der Waals surface area contributed by atoms with Crippen molar-refractivity contribution in [1.82, 2.24) is 15.4 Å². The van der Waals surface area contributed by atoms with E-state index in [1.165, 1.54) is 28.6 Å². The lowest BCUT2D eigenvalue weighted by Gasteiger charge is -2.18. The van der Waals surface area contributed by atoms with Gasteiger partial charge in [0.05, 0.1) is 18.9 Å². The summed E-state index contributed by atoms with van der Waals surface area (Å²) < 4.78 is 3.30. The summed E-state index contributed by atoms with van der Waals surface area (Å²) in [4.78, 5) is 25.1. The molecule has 1 unspecified atom stereocenters. The van der Waals surface area contributed by atoms with E-state index in [1.54, 1.807) is 0 Å². The van der Waals surface area contributed by atoms with E-state index in [0.29, 0.717) is 13.0 Å². The van der Waals surface area contributed by atoms with Gasteiger partial charge in [-0.2, -0.15) is 0 Å². The highest BCUT2D eigenvalue weighted by Gasteiger charge is 2.19. The van der Waals surface area contributed by atoms with Crippen molar-refractivity contribution in [1.29, 1.82) is 5.41 Å². The Kier molecular flexibility index (Phi) is 13.4. The summed E-state index contributed by atoms with van der Waals surface area (Å²) in [6.07, 6.45) is 2.17. The van der Waals surface area contributed by atoms with Crippen LogP contribution in [0.2, 0.25) is 0 Å². The third kappa shape index (κ3) is 11.7. The summed E-state index contributed by atoms with van der Waals surface area (Å²) in [6, 6.07) is 27.8. The van der Waals surface area contributed by atoms with Crippen LogP contribution < -0.4 is 21.1 Å². The minimum atomic E-state index is -0.399. The topological polar surface area (TPSA) is 120 Å². The molecule has 0 radical (unpaired) electrons. The Morgan fingerprint density at radius 1 is 0.889 bits per heavy atom. The predicted octanol–water partition coefficient (Wildman–Crippen LogP) is 3.72. The molecule has 0 aromatic heterocycles. The summed E-state index contributed by atoms with van der Waals surface area (Å²) >= 11 is 1.51. The first kappa shape index (κ1) is 28.6. The molecule has 2 amide bonds. The highest BCUT2D eigenvalue weighted by Crippen LogP contribution is 2.12. The molecule has 6 N–H and O–H groups in total. The predicted molar refractivity (Wildman–Crippen MR) is 148 cm³/mol. The maximum atomic E-state index is 12.9. The molecule has 190 valence electrons. The van der Waals surface area contributed by atoms with Crippen LogP contribution in [0.1, 0.15) is 28.7 Å². The molecule has 7 nitrogen and oxygen atoms in total. The van der Waals surface area contributed by atoms with Crippen LogP contribution in [0.4, 0.5) is 0 Å². The van der Waals surface area contributed by atoms with Gasteiger partial charge in [0, 0.05) is 12.3 Å². The van der Waals surface area contributed by atoms with Gasteiger partial charge in [0.1, 0.15) is 0 Å². The molecule has 1 atom stereocenters. The zero-order valence-corrected chi connectivity index (χ0v) is 21.4. The number of amides is 2. The lowest BCUT2D eigenvalue weighted by atomic mass is 10.1. The maximum Gasteiger partial charge on any atom is 0.239 e. The van der Waals surface area contributed by atoms with E-state index in [4.69, 9.17) is 5.41 Å². The van der Waals surface area contributed by atoms with Crippen molar-refractivity contribution in [2.45, 2.75) is 38.1 Å². The summed E-state index contributed by atoms with van der Waals surface area (Å²) in [5, 5.41) is 11.5. The standard InChI is InChI=1S/C27H31N3O2S.CH4N2/c1-21-12-14-23(15-13-21)18-28-26(31)19-29-27(32)25(17-16-22-8-4-2-5-9-22)30-33-20-24-10-6-3-7-11-24;2-1-3/h2-15,25,30H,16-20H2,1H3,(H,28,31)(H,29,32);1H,(H3,2,3). The SMILES string of the molecule is Cc1ccc(CNC(=O)CNC(=O)C(CCc2ccccc2)NSCc2ccccc2)cc1.N=CN. The molecule has 0 bridgehead atoms. The van der Waals surface area contributed by atoms with Gasteiger partial charge in [0.15, 0.2) is 0 Å². The molecule has 0 heterocycles. The van der Waals surface area contributed by atoms with Gasteiger partial charge in [-0.05, 0) is 36.5 Å². The zero-order chi connectivity index (χ0) is 26.0. The molecule has 0 aliphatic rings. The normalized spacial score (nSPS) is 10.9. The number of nitrogens with one attached hydrogen (secondary N) is 4. The fourth-order valence-electron chi connectivity index (χ4n) is 3.26. The van der Waals surface area contributed by atoms with Crippen molar-refractivity contribution in [3.05, 3.63) is 107 Å². The molecule has 0 aliphatic carbocycles. The Labute approximate surface area is 217 Å². The molecule has 0 aliphatic heterocycles. The first-order valence-electron chi connectivity index (χ1n) is 11.8. The van der Waals surface area contributed by atoms with Gasteiger partial charge in [-0.1, -0.05) is 102 Å². The van der Waals surface area contributed by atoms with Crippen molar-refractivity contribution in [2.75, 3.05) is 6.54 Å². The van der Waals surface area contributed by atoms with E-state index < -0.39 is 6.04 Å². The minimum Gasteiger partial charge on any atom is -0.390 e. The fraction of sp³-hybridized carbons (Fsp3) is 0.250. The molecular weight excluding hydrogens is 470 g/mol. The van der Waals surface area contributed by atoms with Crippen LogP contribution in [0.3, 0.4) is 0 Å². The molecule has 3 aromatic rings. The fourth-order valence-corrected chi connectivity index (χ4v) is 4.13. The largest absolute Gasteiger partial charge is 0.390 e. The number of hydrogen-bond donors (Lipinski definition) is 5. The Morgan fingerprint density at radius 3 is 2.08 bits per heavy atom. The highest BCUT2D eigenvalue weighted by molar-refractivity contribution is 7.96. The number of carbonyl (C=O) groups excluding carboxylic acids is 2. The Morgan fingerprint density at radius 2 is 1.47 bits per heavy atom. The molecule has 3 rings (SSSR count). The van der Waals surface area contributed by atoms with Crippen molar-refractivity contribution in [3.8, 4) is 0 Å². The summed E-state index contributed by atoms with van der Waals surface area (Å²) in [6.45, 7) is 2.42. The Balaban J connectivity index is 0.00000145. The van der Waals surface area contributed by atoms with E-state index in [9.17, 15) is 9.59 Å². The molecule has 3 aromatic carbocycles. The summed E-state index contributed by atoms with van der Waals surface area (Å²) in [7, 11) is 0. The molecule has 36 heavy (non-hydrogen) atoms. The average molecular weight is 506 g/mol. The van der Waals surface area contributed by atoms with Crippen molar-refractivity contribution in [2.24, 2.45) is 5.73 Å². The Hall–Kier alpha value is -3.62. The number of rotatable bonds is 12. The third-order valence-corrected chi connectivity index (χ3v) is 6.15. The summed E-state index contributed by atoms with van der Waals surface area (Å²) in [5.41, 5.74) is 8.96. The highest BCUT2D eigenvalue weighted by atomic mass is 32.2. The number of hydrogen-bond acceptors (Lipinski definition) is 5. The maximum absolute atomic E-state index is 12.9. The molecule has 8 heteroatoms. The molecule has 0 spiro atoms. The van der Waals surface area contributed by atoms with Gasteiger partial charge in [-0.15, -0.1) is 0 Å². The first-order valence-corrected chi connectivity index (χ1v) is 12.8. The van der Waals surface area contributed by atoms with Crippen LogP contribution in [-0.4, -0.2) is 30.7 Å². The average Bonchev–Trinajstić information content (AvgIpc) is 2.90. The van der Waals surface area contributed by atoms with Crippen molar-refractivity contribution >= 4 is 30.1 Å². The first-order chi connectivity index (χ1) is 17.5. The van der Waals surface area contributed by atoms with Crippen LogP contribution >= 0.6 is 11.9 Å². The van der Waals surface area contributed by atoms with E-state index in [0.717, 1.165) is 24.1 Å². The van der Waals surface area contributed by atoms with E-state index >= 15 is 0 Å². The van der Waals surface area contributed by atoms with Crippen molar-refractivity contribution < 1.29 is 9.59 Å². The van der Waals surface area contributed by atoms with Gasteiger partial charge in [0.2, 0.25) is 11.8 Å². The lowest BCUT2D eigenvalue weighted by molar-refractivity contribution is -0.127. The van der Waals surface area contributed by atoms with Crippen LogP contribution in [0, 0.1) is 12.3 Å². The smallest absolute Gasteiger partial charge is 0.239 e. The van der Waals surface area contributed by atoms with Crippen LogP contribution in [0.5, 0.6) is 0 Å². The van der Waals surface area contributed by atoms with Gasteiger partial charge in [-0.25, -0.2) is 0 Å². The van der Waals surface area contributed by atoms with Crippen LogP contribution in [-0.2, 0) is 28.3 Å². The second-order valence-corrected chi connectivity index (χ2v) is 8.93. The lowest BCUT2D eigenvalue weighted by Crippen LogP contribution is -2.45. The Bertz CT molecular complexity index is 1050. The van der Waals surface area contributed by atoms with Crippen LogP contribution in [0.25, 0.3) is 0 Å². The minimum absolute atomic E-state index is 0.0441. The number of aryl methyl sites for hydroxylation is 2. The molecule has 0 saturated heterocycles. The van der Waals surface area contributed by atoms with Crippen LogP contribution in [0.15, 0.2) is 84.9 Å². The van der Waals surface area contributed by atoms with Gasteiger partial charge in [-0.3, -0.25) is 19.7 Å². The second-order valence-electron chi connectivity index (χ2n) is 8.12. The van der Waals surface area contributed by atoms with Gasteiger partial charge in [0.25, 0.3) is 0 Å². The van der Waals surface area contributed by atoms with E-state index in [1.807, 2.05) is 67.6 Å². The molecule has 0 saturated carbocycles. The molecule has 0 fully saturated rings. The third-order valence-electron chi connectivity index (χ3n) is 5.22. The number of nitrogens with two attached hydrogens (primary N) is 1. The summed E-state index contributed by atoms with van der Waals surface area (Å²) in [5.74, 6) is 0.382. The second kappa shape index (κ2) is 16.9.